The van der Waals surface area contributed by atoms with Crippen LogP contribution in [0.3, 0.4) is 0 Å². The van der Waals surface area contributed by atoms with Gasteiger partial charge in [0.1, 0.15) is 17.6 Å². The number of hydrogen-bond donors (Lipinski definition) is 3. The third-order valence-electron chi connectivity index (χ3n) is 10.8. The number of carbonyl (C=O) groups excluding carboxylic acids is 2. The van der Waals surface area contributed by atoms with Gasteiger partial charge in [-0.15, -0.1) is 0 Å². The third kappa shape index (κ3) is 3.86. The molecule has 8 nitrogen and oxygen atoms in total. The number of piperidine rings is 1. The Kier molecular flexibility index (Phi) is 6.18. The molecule has 1 unspecified atom stereocenters. The lowest BCUT2D eigenvalue weighted by molar-refractivity contribution is -0.192. The van der Waals surface area contributed by atoms with Crippen LogP contribution in [0.4, 0.5) is 0 Å². The Labute approximate surface area is 241 Å². The molecular formula is C33H41N3O5. The summed E-state index contributed by atoms with van der Waals surface area (Å²) in [6.45, 7) is 6.00. The Morgan fingerprint density at radius 1 is 1.15 bits per heavy atom. The Balaban J connectivity index is 1.26. The predicted octanol–water partition coefficient (Wildman–Crippen LogP) is 3.28. The maximum absolute atomic E-state index is 14.0. The lowest BCUT2D eigenvalue weighted by Crippen LogP contribution is -2.78. The van der Waals surface area contributed by atoms with Gasteiger partial charge in [-0.3, -0.25) is 14.5 Å². The van der Waals surface area contributed by atoms with Crippen molar-refractivity contribution in [3.8, 4) is 11.5 Å². The molecule has 6 atom stereocenters. The van der Waals surface area contributed by atoms with Gasteiger partial charge in [-0.1, -0.05) is 32.0 Å². The van der Waals surface area contributed by atoms with Crippen molar-refractivity contribution in [1.29, 1.82) is 0 Å². The number of aliphatic hydroxyl groups is 1. The van der Waals surface area contributed by atoms with E-state index in [1.165, 1.54) is 12.8 Å². The van der Waals surface area contributed by atoms with E-state index in [9.17, 15) is 14.7 Å². The van der Waals surface area contributed by atoms with Crippen LogP contribution in [0.2, 0.25) is 0 Å². The number of hydrogen-bond acceptors (Lipinski definition) is 6. The molecule has 5 aliphatic rings. The first-order valence-electron chi connectivity index (χ1n) is 15.2. The molecule has 2 amide bonds. The highest BCUT2D eigenvalue weighted by molar-refractivity contribution is 5.97. The summed E-state index contributed by atoms with van der Waals surface area (Å²) in [7, 11) is 1.63. The van der Waals surface area contributed by atoms with Crippen LogP contribution in [0.5, 0.6) is 11.5 Å². The molecule has 2 aliphatic heterocycles. The molecule has 2 aromatic carbocycles. The molecule has 0 aromatic heterocycles. The number of carbonyl (C=O) groups is 2. The van der Waals surface area contributed by atoms with Gasteiger partial charge in [0, 0.05) is 18.2 Å². The van der Waals surface area contributed by atoms with Gasteiger partial charge in [-0.05, 0) is 86.2 Å². The van der Waals surface area contributed by atoms with E-state index in [1.54, 1.807) is 13.2 Å². The van der Waals surface area contributed by atoms with Crippen molar-refractivity contribution in [3.63, 3.8) is 0 Å². The van der Waals surface area contributed by atoms with E-state index in [1.807, 2.05) is 30.3 Å². The largest absolute Gasteiger partial charge is 0.497 e. The molecule has 1 spiro atoms. The summed E-state index contributed by atoms with van der Waals surface area (Å²) in [5, 5.41) is 16.1. The maximum atomic E-state index is 14.0. The van der Waals surface area contributed by atoms with Gasteiger partial charge < -0.3 is 25.6 Å². The van der Waals surface area contributed by atoms with E-state index in [0.717, 1.165) is 54.3 Å². The Morgan fingerprint density at radius 3 is 2.56 bits per heavy atom. The molecule has 41 heavy (non-hydrogen) atoms. The van der Waals surface area contributed by atoms with Crippen LogP contribution in [-0.4, -0.2) is 65.8 Å². The van der Waals surface area contributed by atoms with E-state index in [0.29, 0.717) is 24.2 Å². The normalized spacial score (nSPS) is 32.2. The predicted molar refractivity (Wildman–Crippen MR) is 154 cm³/mol. The van der Waals surface area contributed by atoms with Crippen LogP contribution in [-0.2, 0) is 16.6 Å². The average molecular weight is 560 g/mol. The molecule has 7 rings (SSSR count). The van der Waals surface area contributed by atoms with E-state index in [4.69, 9.17) is 15.2 Å². The highest BCUT2D eigenvalue weighted by Gasteiger charge is 2.73. The van der Waals surface area contributed by atoms with Gasteiger partial charge in [0.2, 0.25) is 5.91 Å². The molecule has 8 heteroatoms. The average Bonchev–Trinajstić information content (AvgIpc) is 3.69. The minimum atomic E-state index is -1.01. The van der Waals surface area contributed by atoms with Gasteiger partial charge in [-0.25, -0.2) is 0 Å². The molecule has 4 N–H and O–H groups in total. The second-order valence-electron chi connectivity index (χ2n) is 13.3. The van der Waals surface area contributed by atoms with Gasteiger partial charge in [-0.2, -0.15) is 0 Å². The Hall–Kier alpha value is -3.10. The van der Waals surface area contributed by atoms with E-state index in [-0.39, 0.29) is 29.8 Å². The van der Waals surface area contributed by atoms with Gasteiger partial charge >= 0.3 is 0 Å². The molecule has 3 fully saturated rings. The summed E-state index contributed by atoms with van der Waals surface area (Å²) in [5.74, 6) is 1.13. The quantitative estimate of drug-likeness (QED) is 0.458. The number of primary amides is 1. The summed E-state index contributed by atoms with van der Waals surface area (Å²) in [4.78, 5) is 29.0. The topological polar surface area (TPSA) is 114 Å². The van der Waals surface area contributed by atoms with Crippen molar-refractivity contribution < 1.29 is 24.2 Å². The minimum absolute atomic E-state index is 0.0137. The van der Waals surface area contributed by atoms with Gasteiger partial charge in [0.25, 0.3) is 5.91 Å². The Morgan fingerprint density at radius 2 is 1.90 bits per heavy atom. The fourth-order valence-corrected chi connectivity index (χ4v) is 8.76. The van der Waals surface area contributed by atoms with E-state index >= 15 is 0 Å². The monoisotopic (exact) mass is 559 g/mol. The van der Waals surface area contributed by atoms with Crippen LogP contribution < -0.4 is 20.5 Å². The number of ether oxygens (including phenoxy) is 2. The van der Waals surface area contributed by atoms with Crippen molar-refractivity contribution in [3.05, 3.63) is 58.7 Å². The van der Waals surface area contributed by atoms with Crippen molar-refractivity contribution in [1.82, 2.24) is 10.2 Å². The highest BCUT2D eigenvalue weighted by atomic mass is 16.5. The second kappa shape index (κ2) is 9.46. The third-order valence-corrected chi connectivity index (χ3v) is 10.8. The standard InChI is InChI=1S/C33H41N3O5/c1-18(2)26(20-6-9-22(40-3)10-7-20)31(38)35-24-12-13-33(39)25-16-21-8-11-23(30(34)37)28-27(21)32(33,29(24)41-28)14-15-36(25)17-19-4-5-19/h6-11,18-19,24-26,29,39H,4-5,12-17H2,1-3H3,(H2,34,37)(H,35,38)/t24-,25-,26?,29+,32+,33-/m1/s1. The molecule has 2 bridgehead atoms. The van der Waals surface area contributed by atoms with Gasteiger partial charge in [0.05, 0.1) is 35.6 Å². The SMILES string of the molecule is COc1ccc(C(C(=O)N[C@@H]2CC[C@@]3(O)[C@H]4Cc5ccc(C(N)=O)c6c5[C@@]3(CCN4CC3CC3)[C@H]2O6)C(C)C)cc1. The summed E-state index contributed by atoms with van der Waals surface area (Å²) in [6, 6.07) is 11.2. The van der Waals surface area contributed by atoms with Crippen LogP contribution in [0.15, 0.2) is 36.4 Å². The number of nitrogens with two attached hydrogens (primary N) is 1. The van der Waals surface area contributed by atoms with Crippen molar-refractivity contribution in [2.45, 2.75) is 87.5 Å². The zero-order chi connectivity index (χ0) is 28.7. The van der Waals surface area contributed by atoms with Gasteiger partial charge in [0.15, 0.2) is 0 Å². The molecule has 2 saturated carbocycles. The number of rotatable bonds is 8. The molecule has 3 aliphatic carbocycles. The zero-order valence-electron chi connectivity index (χ0n) is 24.2. The molecule has 2 heterocycles. The first kappa shape index (κ1) is 26.8. The number of amides is 2. The number of likely N-dealkylation sites (tertiary alicyclic amines) is 1. The summed E-state index contributed by atoms with van der Waals surface area (Å²) >= 11 is 0. The van der Waals surface area contributed by atoms with E-state index in [2.05, 4.69) is 24.1 Å². The molecule has 1 saturated heterocycles. The van der Waals surface area contributed by atoms with E-state index < -0.39 is 23.0 Å². The number of nitrogens with zero attached hydrogens (tertiary/aromatic N) is 1. The summed E-state index contributed by atoms with van der Waals surface area (Å²) < 4.78 is 12.1. The molecule has 0 radical (unpaired) electrons. The Bertz CT molecular complexity index is 1390. The van der Waals surface area contributed by atoms with Crippen molar-refractivity contribution in [2.24, 2.45) is 17.6 Å². The van der Waals surface area contributed by atoms with Crippen LogP contribution >= 0.6 is 0 Å². The maximum Gasteiger partial charge on any atom is 0.252 e. The molecular weight excluding hydrogens is 518 g/mol. The summed E-state index contributed by atoms with van der Waals surface area (Å²) in [5.41, 5.74) is 7.50. The first-order valence-corrected chi connectivity index (χ1v) is 15.2. The van der Waals surface area contributed by atoms with Crippen LogP contribution in [0.1, 0.15) is 78.9 Å². The van der Waals surface area contributed by atoms with Crippen molar-refractivity contribution >= 4 is 11.8 Å². The van der Waals surface area contributed by atoms with Crippen LogP contribution in [0.25, 0.3) is 0 Å². The lowest BCUT2D eigenvalue weighted by Gasteiger charge is -2.64. The second-order valence-corrected chi connectivity index (χ2v) is 13.3. The fourth-order valence-electron chi connectivity index (χ4n) is 8.76. The lowest BCUT2D eigenvalue weighted by atomic mass is 9.48. The number of nitrogens with one attached hydrogen (secondary N) is 1. The number of benzene rings is 2. The molecule has 2 aromatic rings. The van der Waals surface area contributed by atoms with Crippen molar-refractivity contribution in [2.75, 3.05) is 20.2 Å². The zero-order valence-corrected chi connectivity index (χ0v) is 24.2. The highest BCUT2D eigenvalue weighted by Crippen LogP contribution is 2.64. The first-order chi connectivity index (χ1) is 19.7. The molecule has 218 valence electrons. The fraction of sp³-hybridized carbons (Fsp3) is 0.576. The minimum Gasteiger partial charge on any atom is -0.497 e. The number of methoxy groups -OCH3 is 1. The van der Waals surface area contributed by atoms with Crippen LogP contribution in [0, 0.1) is 11.8 Å². The summed E-state index contributed by atoms with van der Waals surface area (Å²) in [6.07, 6.45) is 4.67. The smallest absolute Gasteiger partial charge is 0.252 e.